The number of anilines is 1. The monoisotopic (exact) mass is 451 g/mol. The number of nitrogens with zero attached hydrogens (tertiary/aromatic N) is 1. The molecule has 2 heterocycles. The van der Waals surface area contributed by atoms with E-state index < -0.39 is 0 Å². The summed E-state index contributed by atoms with van der Waals surface area (Å²) in [6.07, 6.45) is 1.20. The average Bonchev–Trinajstić information content (AvgIpc) is 2.82. The standard InChI is InChI=1S/C25H29N3O5/c1-3-26-23(29)14-18-10-11-20-22(33-18)15-32-21-12-9-17(13-19(21)25(31)28(20)2)27-24(30)16-7-5-4-6-8-16/h4-9,12-13,18,20,22H,3,10-11,14-15H2,1-2H3,(H,26,29)(H,27,30)/t18-,20-,22+/m1/s1. The predicted molar refractivity (Wildman–Crippen MR) is 123 cm³/mol. The van der Waals surface area contributed by atoms with Crippen LogP contribution in [0.15, 0.2) is 48.5 Å². The summed E-state index contributed by atoms with van der Waals surface area (Å²) in [7, 11) is 1.76. The van der Waals surface area contributed by atoms with Gasteiger partial charge in [-0.3, -0.25) is 14.4 Å². The van der Waals surface area contributed by atoms with Crippen LogP contribution in [0.25, 0.3) is 0 Å². The van der Waals surface area contributed by atoms with Crippen LogP contribution in [0, 0.1) is 0 Å². The maximum atomic E-state index is 13.3. The van der Waals surface area contributed by atoms with Crippen LogP contribution < -0.4 is 15.4 Å². The molecular weight excluding hydrogens is 422 g/mol. The quantitative estimate of drug-likeness (QED) is 0.729. The van der Waals surface area contributed by atoms with E-state index in [9.17, 15) is 14.4 Å². The van der Waals surface area contributed by atoms with Crippen LogP contribution >= 0.6 is 0 Å². The summed E-state index contributed by atoms with van der Waals surface area (Å²) in [5.74, 6) is -0.0340. The van der Waals surface area contributed by atoms with E-state index in [1.54, 1.807) is 54.4 Å². The minimum Gasteiger partial charge on any atom is -0.490 e. The Kier molecular flexibility index (Phi) is 6.93. The lowest BCUT2D eigenvalue weighted by atomic mass is 9.94. The molecule has 2 aliphatic rings. The summed E-state index contributed by atoms with van der Waals surface area (Å²) in [6, 6.07) is 13.8. The molecule has 1 saturated heterocycles. The lowest BCUT2D eigenvalue weighted by molar-refractivity contribution is -0.133. The number of hydrogen-bond donors (Lipinski definition) is 2. The smallest absolute Gasteiger partial charge is 0.257 e. The highest BCUT2D eigenvalue weighted by atomic mass is 16.5. The van der Waals surface area contributed by atoms with Gasteiger partial charge in [-0.1, -0.05) is 18.2 Å². The van der Waals surface area contributed by atoms with Crippen molar-refractivity contribution in [3.05, 3.63) is 59.7 Å². The van der Waals surface area contributed by atoms with Crippen molar-refractivity contribution in [2.24, 2.45) is 0 Å². The second-order valence-electron chi connectivity index (χ2n) is 8.36. The van der Waals surface area contributed by atoms with E-state index in [0.717, 1.165) is 6.42 Å². The zero-order valence-corrected chi connectivity index (χ0v) is 18.9. The van der Waals surface area contributed by atoms with E-state index in [1.165, 1.54) is 0 Å². The van der Waals surface area contributed by atoms with Gasteiger partial charge in [-0.15, -0.1) is 0 Å². The Bertz CT molecular complexity index is 1030. The van der Waals surface area contributed by atoms with E-state index >= 15 is 0 Å². The molecule has 0 aromatic heterocycles. The first-order valence-electron chi connectivity index (χ1n) is 11.3. The van der Waals surface area contributed by atoms with Crippen molar-refractivity contribution >= 4 is 23.4 Å². The fraction of sp³-hybridized carbons (Fsp3) is 0.400. The minimum atomic E-state index is -0.322. The first-order valence-corrected chi connectivity index (χ1v) is 11.3. The summed E-state index contributed by atoms with van der Waals surface area (Å²) in [5.41, 5.74) is 1.45. The van der Waals surface area contributed by atoms with Crippen molar-refractivity contribution in [2.75, 3.05) is 25.5 Å². The van der Waals surface area contributed by atoms with Crippen molar-refractivity contribution < 1.29 is 23.9 Å². The summed E-state index contributed by atoms with van der Waals surface area (Å²) in [6.45, 7) is 2.74. The van der Waals surface area contributed by atoms with Gasteiger partial charge in [-0.05, 0) is 50.1 Å². The van der Waals surface area contributed by atoms with Gasteiger partial charge < -0.3 is 25.0 Å². The first kappa shape index (κ1) is 22.8. The van der Waals surface area contributed by atoms with Crippen LogP contribution in [0.3, 0.4) is 0 Å². The van der Waals surface area contributed by atoms with E-state index in [2.05, 4.69) is 10.6 Å². The molecule has 2 aliphatic heterocycles. The molecule has 8 nitrogen and oxygen atoms in total. The van der Waals surface area contributed by atoms with Crippen LogP contribution in [0.2, 0.25) is 0 Å². The van der Waals surface area contributed by atoms with Crippen LogP contribution in [-0.2, 0) is 9.53 Å². The normalized spacial score (nSPS) is 22.2. The van der Waals surface area contributed by atoms with Gasteiger partial charge in [0.2, 0.25) is 5.91 Å². The number of ether oxygens (including phenoxy) is 2. The van der Waals surface area contributed by atoms with Crippen LogP contribution in [0.1, 0.15) is 46.9 Å². The number of rotatable bonds is 5. The maximum absolute atomic E-state index is 13.3. The van der Waals surface area contributed by atoms with Gasteiger partial charge in [0.25, 0.3) is 11.8 Å². The Balaban J connectivity index is 1.49. The molecule has 0 spiro atoms. The minimum absolute atomic E-state index is 0.0347. The number of benzene rings is 2. The van der Waals surface area contributed by atoms with Crippen LogP contribution in [-0.4, -0.2) is 61.1 Å². The van der Waals surface area contributed by atoms with Gasteiger partial charge in [0.1, 0.15) is 18.5 Å². The Morgan fingerprint density at radius 3 is 2.67 bits per heavy atom. The molecule has 0 saturated carbocycles. The molecule has 0 aliphatic carbocycles. The zero-order chi connectivity index (χ0) is 23.4. The molecule has 4 rings (SSSR count). The fourth-order valence-electron chi connectivity index (χ4n) is 4.37. The summed E-state index contributed by atoms with van der Waals surface area (Å²) in [5, 5.41) is 5.64. The molecule has 2 aromatic carbocycles. The van der Waals surface area contributed by atoms with Gasteiger partial charge in [-0.2, -0.15) is 0 Å². The van der Waals surface area contributed by atoms with Gasteiger partial charge in [0.15, 0.2) is 0 Å². The van der Waals surface area contributed by atoms with Crippen molar-refractivity contribution in [1.82, 2.24) is 10.2 Å². The second kappa shape index (κ2) is 10.0. The molecule has 33 heavy (non-hydrogen) atoms. The highest BCUT2D eigenvalue weighted by molar-refractivity contribution is 6.05. The van der Waals surface area contributed by atoms with E-state index in [4.69, 9.17) is 9.47 Å². The number of carbonyl (C=O) groups is 3. The van der Waals surface area contributed by atoms with Gasteiger partial charge >= 0.3 is 0 Å². The molecule has 8 heteroatoms. The number of nitrogens with one attached hydrogen (secondary N) is 2. The Hall–Kier alpha value is -3.39. The largest absolute Gasteiger partial charge is 0.490 e. The molecule has 3 amide bonds. The first-order chi connectivity index (χ1) is 16.0. The third-order valence-electron chi connectivity index (χ3n) is 6.09. The summed E-state index contributed by atoms with van der Waals surface area (Å²) < 4.78 is 12.1. The number of fused-ring (bicyclic) bond motifs is 2. The topological polar surface area (TPSA) is 97.0 Å². The second-order valence-corrected chi connectivity index (χ2v) is 8.36. The third-order valence-corrected chi connectivity index (χ3v) is 6.09. The van der Waals surface area contributed by atoms with Crippen molar-refractivity contribution in [3.63, 3.8) is 0 Å². The maximum Gasteiger partial charge on any atom is 0.257 e. The lowest BCUT2D eigenvalue weighted by Crippen LogP contribution is -2.54. The van der Waals surface area contributed by atoms with E-state index in [0.29, 0.717) is 42.0 Å². The van der Waals surface area contributed by atoms with Crippen LogP contribution in [0.5, 0.6) is 5.75 Å². The SMILES string of the molecule is CCNC(=O)C[C@H]1CC[C@@H]2[C@H](COc3ccc(NC(=O)c4ccccc4)cc3C(=O)N2C)O1. The molecule has 2 aromatic rings. The highest BCUT2D eigenvalue weighted by Crippen LogP contribution is 2.32. The summed E-state index contributed by atoms with van der Waals surface area (Å²) in [4.78, 5) is 39.5. The molecule has 174 valence electrons. The molecule has 2 N–H and O–H groups in total. The number of likely N-dealkylation sites (N-methyl/N-ethyl adjacent to an activating group) is 1. The molecular formula is C25H29N3O5. The van der Waals surface area contributed by atoms with Gasteiger partial charge in [0.05, 0.1) is 24.1 Å². The molecule has 0 bridgehead atoms. The number of carbonyl (C=O) groups excluding carboxylic acids is 3. The lowest BCUT2D eigenvalue weighted by Gasteiger charge is -2.42. The van der Waals surface area contributed by atoms with Gasteiger partial charge in [0, 0.05) is 24.8 Å². The zero-order valence-electron chi connectivity index (χ0n) is 18.9. The Morgan fingerprint density at radius 2 is 1.91 bits per heavy atom. The third kappa shape index (κ3) is 5.17. The summed E-state index contributed by atoms with van der Waals surface area (Å²) >= 11 is 0. The molecule has 3 atom stereocenters. The van der Waals surface area contributed by atoms with Crippen molar-refractivity contribution in [1.29, 1.82) is 0 Å². The Morgan fingerprint density at radius 1 is 1.12 bits per heavy atom. The molecule has 0 unspecified atom stereocenters. The Labute approximate surface area is 193 Å². The predicted octanol–water partition coefficient (Wildman–Crippen LogP) is 2.85. The molecule has 0 radical (unpaired) electrons. The van der Waals surface area contributed by atoms with Crippen molar-refractivity contribution in [3.8, 4) is 5.75 Å². The van der Waals surface area contributed by atoms with E-state index in [1.807, 2.05) is 13.0 Å². The van der Waals surface area contributed by atoms with E-state index in [-0.39, 0.29) is 42.6 Å². The molecule has 1 fully saturated rings. The van der Waals surface area contributed by atoms with Crippen molar-refractivity contribution in [2.45, 2.75) is 44.4 Å². The highest BCUT2D eigenvalue weighted by Gasteiger charge is 2.39. The number of hydrogen-bond acceptors (Lipinski definition) is 5. The number of amides is 3. The van der Waals surface area contributed by atoms with Crippen LogP contribution in [0.4, 0.5) is 5.69 Å². The average molecular weight is 452 g/mol. The fourth-order valence-corrected chi connectivity index (χ4v) is 4.37. The van der Waals surface area contributed by atoms with Gasteiger partial charge in [-0.25, -0.2) is 0 Å².